The number of hydrogen-bond donors (Lipinski definition) is 2. The first-order valence-corrected chi connectivity index (χ1v) is 4.47. The van der Waals surface area contributed by atoms with Gasteiger partial charge in [0.05, 0.1) is 11.0 Å². The summed E-state index contributed by atoms with van der Waals surface area (Å²) in [5.41, 5.74) is 0. The minimum atomic E-state index is -1.22. The van der Waals surface area contributed by atoms with E-state index in [1.165, 1.54) is 6.26 Å². The Morgan fingerprint density at radius 2 is 2.00 bits per heavy atom. The minimum absolute atomic E-state index is 0.247. The third kappa shape index (κ3) is 15.6. The molecule has 0 aliphatic heterocycles. The summed E-state index contributed by atoms with van der Waals surface area (Å²) in [5, 5.41) is 7.97. The van der Waals surface area contributed by atoms with Crippen LogP contribution in [0.1, 0.15) is 13.8 Å². The maximum absolute atomic E-state index is 10.1. The van der Waals surface area contributed by atoms with Crippen molar-refractivity contribution < 1.29 is 14.1 Å². The van der Waals surface area contributed by atoms with Gasteiger partial charge in [0.15, 0.2) is 0 Å². The average Bonchev–Trinajstić information content (AvgIpc) is 1.89. The molecule has 62 valence electrons. The first-order valence-electron chi connectivity index (χ1n) is 2.91. The van der Waals surface area contributed by atoms with E-state index in [2.05, 4.69) is 4.72 Å². The van der Waals surface area contributed by atoms with Crippen molar-refractivity contribution in [2.45, 2.75) is 13.8 Å². The summed E-state index contributed by atoms with van der Waals surface area (Å²) in [6, 6.07) is 0. The lowest BCUT2D eigenvalue weighted by molar-refractivity contribution is -0.135. The lowest BCUT2D eigenvalue weighted by Crippen LogP contribution is -2.23. The van der Waals surface area contributed by atoms with Gasteiger partial charge in [0.25, 0.3) is 0 Å². The van der Waals surface area contributed by atoms with Crippen molar-refractivity contribution in [1.29, 1.82) is 0 Å². The van der Waals surface area contributed by atoms with Crippen molar-refractivity contribution in [3.8, 4) is 0 Å². The minimum Gasteiger partial charge on any atom is -0.480 e. The number of carboxylic acids is 1. The molecule has 0 fully saturated rings. The standard InChI is InChI=1S/C3H7NO3S.C2H6/c1-8(7)4-2-3(5)6;1-2/h4H,2H2,1H3,(H,5,6);1-2H3. The highest BCUT2D eigenvalue weighted by Crippen LogP contribution is 1.62. The molecule has 0 saturated carbocycles. The maximum Gasteiger partial charge on any atom is 0.318 e. The molecule has 1 unspecified atom stereocenters. The predicted octanol–water partition coefficient (Wildman–Crippen LogP) is -0.0197. The van der Waals surface area contributed by atoms with Crippen LogP contribution >= 0.6 is 0 Å². The largest absolute Gasteiger partial charge is 0.480 e. The van der Waals surface area contributed by atoms with E-state index >= 15 is 0 Å². The Bertz CT molecular complexity index is 101. The molecule has 0 heterocycles. The zero-order valence-electron chi connectivity index (χ0n) is 6.38. The monoisotopic (exact) mass is 167 g/mol. The van der Waals surface area contributed by atoms with Crippen molar-refractivity contribution in [2.24, 2.45) is 0 Å². The topological polar surface area (TPSA) is 66.4 Å². The normalized spacial score (nSPS) is 11.1. The van der Waals surface area contributed by atoms with Gasteiger partial charge in [0.2, 0.25) is 0 Å². The zero-order chi connectivity index (χ0) is 8.57. The van der Waals surface area contributed by atoms with Crippen molar-refractivity contribution >= 4 is 17.0 Å². The first kappa shape index (κ1) is 12.3. The van der Waals surface area contributed by atoms with Crippen molar-refractivity contribution in [1.82, 2.24) is 4.72 Å². The van der Waals surface area contributed by atoms with Crippen LogP contribution in [0.25, 0.3) is 0 Å². The predicted molar refractivity (Wildman–Crippen MR) is 41.1 cm³/mol. The Kier molecular flexibility index (Phi) is 10.5. The molecule has 0 radical (unpaired) electrons. The van der Waals surface area contributed by atoms with Gasteiger partial charge >= 0.3 is 5.97 Å². The van der Waals surface area contributed by atoms with Crippen LogP contribution in [0.4, 0.5) is 0 Å². The van der Waals surface area contributed by atoms with Crippen LogP contribution in [0.3, 0.4) is 0 Å². The maximum atomic E-state index is 10.1. The zero-order valence-corrected chi connectivity index (χ0v) is 7.20. The molecule has 10 heavy (non-hydrogen) atoms. The second-order valence-electron chi connectivity index (χ2n) is 1.17. The van der Waals surface area contributed by atoms with Crippen LogP contribution in [-0.2, 0) is 15.8 Å². The molecule has 0 aliphatic carbocycles. The summed E-state index contributed by atoms with van der Waals surface area (Å²) in [6.07, 6.45) is 1.38. The van der Waals surface area contributed by atoms with E-state index in [0.717, 1.165) is 0 Å². The second-order valence-corrected chi connectivity index (χ2v) is 2.37. The Morgan fingerprint density at radius 1 is 1.60 bits per heavy atom. The molecule has 0 bridgehead atoms. The fourth-order valence-corrected chi connectivity index (χ4v) is 0.490. The van der Waals surface area contributed by atoms with E-state index < -0.39 is 17.0 Å². The molecule has 0 aliphatic rings. The first-order chi connectivity index (χ1) is 4.63. The van der Waals surface area contributed by atoms with E-state index in [1.807, 2.05) is 13.8 Å². The summed E-state index contributed by atoms with van der Waals surface area (Å²) in [4.78, 5) is 9.71. The smallest absolute Gasteiger partial charge is 0.318 e. The second kappa shape index (κ2) is 8.58. The SMILES string of the molecule is CC.CS(=O)NCC(=O)O. The number of carboxylic acid groups (broad SMARTS) is 1. The van der Waals surface area contributed by atoms with Crippen LogP contribution in [-0.4, -0.2) is 28.1 Å². The van der Waals surface area contributed by atoms with Crippen LogP contribution in [0.5, 0.6) is 0 Å². The molecule has 0 aromatic carbocycles. The molecule has 0 aromatic heterocycles. The van der Waals surface area contributed by atoms with Gasteiger partial charge in [-0.15, -0.1) is 0 Å². The Labute approximate surface area is 63.2 Å². The highest BCUT2D eigenvalue weighted by atomic mass is 32.2. The molecule has 0 aromatic rings. The molecule has 2 N–H and O–H groups in total. The number of aliphatic carboxylic acids is 1. The van der Waals surface area contributed by atoms with E-state index in [-0.39, 0.29) is 6.54 Å². The van der Waals surface area contributed by atoms with Crippen LogP contribution in [0.2, 0.25) is 0 Å². The number of rotatable bonds is 3. The van der Waals surface area contributed by atoms with Crippen molar-refractivity contribution in [3.05, 3.63) is 0 Å². The molecule has 0 spiro atoms. The van der Waals surface area contributed by atoms with Gasteiger partial charge in [0.1, 0.15) is 6.54 Å². The average molecular weight is 167 g/mol. The van der Waals surface area contributed by atoms with E-state index in [4.69, 9.17) is 5.11 Å². The molecule has 5 heteroatoms. The molecule has 0 rings (SSSR count). The Balaban J connectivity index is 0. The molecule has 0 amide bonds. The van der Waals surface area contributed by atoms with Gasteiger partial charge in [-0.05, 0) is 0 Å². The highest BCUT2D eigenvalue weighted by molar-refractivity contribution is 7.82. The number of hydrogen-bond acceptors (Lipinski definition) is 2. The summed E-state index contributed by atoms with van der Waals surface area (Å²) in [7, 11) is -1.22. The van der Waals surface area contributed by atoms with E-state index in [9.17, 15) is 9.00 Å². The summed E-state index contributed by atoms with van der Waals surface area (Å²) in [6.45, 7) is 3.75. The lowest BCUT2D eigenvalue weighted by Gasteiger charge is -1.91. The molecular formula is C5H13NO3S. The Hall–Kier alpha value is -0.420. The van der Waals surface area contributed by atoms with Crippen LogP contribution in [0.15, 0.2) is 0 Å². The fourth-order valence-electron chi connectivity index (χ4n) is 0.163. The summed E-state index contributed by atoms with van der Waals surface area (Å²) in [5.74, 6) is -1.000. The number of nitrogens with one attached hydrogen (secondary N) is 1. The van der Waals surface area contributed by atoms with Gasteiger partial charge in [0, 0.05) is 6.26 Å². The van der Waals surface area contributed by atoms with Crippen LogP contribution < -0.4 is 4.72 Å². The molecular weight excluding hydrogens is 154 g/mol. The lowest BCUT2D eigenvalue weighted by atomic mass is 10.7. The highest BCUT2D eigenvalue weighted by Gasteiger charge is 1.94. The van der Waals surface area contributed by atoms with E-state index in [0.29, 0.717) is 0 Å². The molecule has 1 atom stereocenters. The van der Waals surface area contributed by atoms with Crippen molar-refractivity contribution in [3.63, 3.8) is 0 Å². The van der Waals surface area contributed by atoms with Gasteiger partial charge in [-0.2, -0.15) is 0 Å². The Morgan fingerprint density at radius 3 is 2.10 bits per heavy atom. The van der Waals surface area contributed by atoms with E-state index in [1.54, 1.807) is 0 Å². The van der Waals surface area contributed by atoms with Gasteiger partial charge in [-0.3, -0.25) is 4.79 Å². The van der Waals surface area contributed by atoms with Gasteiger partial charge in [-0.25, -0.2) is 8.93 Å². The quantitative estimate of drug-likeness (QED) is 0.620. The third-order valence-corrected chi connectivity index (χ3v) is 0.978. The van der Waals surface area contributed by atoms with Gasteiger partial charge in [-0.1, -0.05) is 13.8 Å². The molecule has 4 nitrogen and oxygen atoms in total. The van der Waals surface area contributed by atoms with Crippen molar-refractivity contribution in [2.75, 3.05) is 12.8 Å². The summed E-state index contributed by atoms with van der Waals surface area (Å²) < 4.78 is 12.3. The fraction of sp³-hybridized carbons (Fsp3) is 0.800. The van der Waals surface area contributed by atoms with Crippen LogP contribution in [0, 0.1) is 0 Å². The summed E-state index contributed by atoms with van der Waals surface area (Å²) >= 11 is 0. The number of carbonyl (C=O) groups is 1. The van der Waals surface area contributed by atoms with Gasteiger partial charge < -0.3 is 5.11 Å². The molecule has 0 saturated heterocycles. The third-order valence-electron chi connectivity index (χ3n) is 0.427.